The Bertz CT molecular complexity index is 2490. The van der Waals surface area contributed by atoms with Gasteiger partial charge in [0.15, 0.2) is 11.5 Å². The molecule has 2 N–H and O–H groups in total. The van der Waals surface area contributed by atoms with Crippen molar-refractivity contribution < 1.29 is 24.0 Å². The van der Waals surface area contributed by atoms with E-state index in [1.54, 1.807) is 22.7 Å². The van der Waals surface area contributed by atoms with E-state index in [-0.39, 0.29) is 29.9 Å². The number of rotatable bonds is 9. The van der Waals surface area contributed by atoms with Crippen molar-refractivity contribution in [3.05, 3.63) is 99.0 Å². The lowest BCUT2D eigenvalue weighted by Gasteiger charge is -2.44. The molecular weight excluding hydrogens is 775 g/mol. The van der Waals surface area contributed by atoms with Crippen molar-refractivity contribution in [3.63, 3.8) is 0 Å². The number of carbonyl (C=O) groups excluding carboxylic acids is 5. The van der Waals surface area contributed by atoms with Gasteiger partial charge in [0.25, 0.3) is 5.91 Å². The molecule has 0 saturated carbocycles. The van der Waals surface area contributed by atoms with Crippen LogP contribution >= 0.6 is 11.8 Å². The van der Waals surface area contributed by atoms with E-state index in [4.69, 9.17) is 6.57 Å². The van der Waals surface area contributed by atoms with Crippen LogP contribution in [0.1, 0.15) is 108 Å². The lowest BCUT2D eigenvalue weighted by atomic mass is 9.70. The number of piperidine rings is 2. The van der Waals surface area contributed by atoms with Gasteiger partial charge in [0.1, 0.15) is 6.04 Å². The van der Waals surface area contributed by atoms with Crippen LogP contribution in [0.3, 0.4) is 0 Å². The second-order valence-corrected chi connectivity index (χ2v) is 18.5. The van der Waals surface area contributed by atoms with Gasteiger partial charge in [-0.3, -0.25) is 34.2 Å². The van der Waals surface area contributed by atoms with E-state index in [2.05, 4.69) is 57.8 Å². The molecule has 3 aromatic carbocycles. The molecule has 1 unspecified atom stereocenters. The molecule has 9 rings (SSSR count). The molecule has 310 valence electrons. The van der Waals surface area contributed by atoms with Crippen molar-refractivity contribution in [2.75, 3.05) is 49.9 Å². The van der Waals surface area contributed by atoms with Gasteiger partial charge in [0.2, 0.25) is 17.7 Å². The van der Waals surface area contributed by atoms with Crippen molar-refractivity contribution >= 4 is 63.5 Å². The first kappa shape index (κ1) is 40.0. The summed E-state index contributed by atoms with van der Waals surface area (Å²) in [6, 6.07) is 15.6. The third kappa shape index (κ3) is 7.07. The number of imide groups is 1. The number of hydrogen-bond donors (Lipinski definition) is 2. The molecule has 3 fully saturated rings. The largest absolute Gasteiger partial charge is 0.371 e. The van der Waals surface area contributed by atoms with E-state index in [1.165, 1.54) is 11.3 Å². The molecule has 1 aliphatic carbocycles. The van der Waals surface area contributed by atoms with Gasteiger partial charge < -0.3 is 19.7 Å². The van der Waals surface area contributed by atoms with Gasteiger partial charge in [-0.1, -0.05) is 32.9 Å². The molecule has 5 heterocycles. The summed E-state index contributed by atoms with van der Waals surface area (Å²) < 4.78 is 0. The number of hydrogen-bond acceptors (Lipinski definition) is 8. The molecule has 0 bridgehead atoms. The highest BCUT2D eigenvalue weighted by atomic mass is 32.2. The van der Waals surface area contributed by atoms with Crippen LogP contribution in [0.15, 0.2) is 53.4 Å². The van der Waals surface area contributed by atoms with E-state index < -0.39 is 17.4 Å². The van der Waals surface area contributed by atoms with Gasteiger partial charge in [0, 0.05) is 108 Å². The van der Waals surface area contributed by atoms with E-state index >= 15 is 0 Å². The van der Waals surface area contributed by atoms with Crippen molar-refractivity contribution in [3.8, 4) is 0 Å². The van der Waals surface area contributed by atoms with Gasteiger partial charge in [0.05, 0.1) is 12.1 Å². The maximum atomic E-state index is 14.1. The van der Waals surface area contributed by atoms with E-state index in [0.717, 1.165) is 114 Å². The van der Waals surface area contributed by atoms with Crippen LogP contribution in [-0.4, -0.2) is 106 Å². The molecule has 12 nitrogen and oxygen atoms in total. The third-order valence-electron chi connectivity index (χ3n) is 13.6. The molecule has 60 heavy (non-hydrogen) atoms. The number of fused-ring (bicyclic) bond motifs is 5. The lowest BCUT2D eigenvalue weighted by molar-refractivity contribution is -0.137. The zero-order valence-corrected chi connectivity index (χ0v) is 35.4. The number of aryl methyl sites for hydroxylation is 1. The van der Waals surface area contributed by atoms with Crippen molar-refractivity contribution in [1.29, 1.82) is 0 Å². The average Bonchev–Trinajstić information content (AvgIpc) is 3.81. The van der Waals surface area contributed by atoms with E-state index in [1.807, 2.05) is 35.2 Å². The summed E-state index contributed by atoms with van der Waals surface area (Å²) in [5, 5.41) is 3.23. The Hall–Kier alpha value is -5.45. The number of anilines is 1. The topological polar surface area (TPSA) is 130 Å². The predicted octanol–water partition coefficient (Wildman–Crippen LogP) is 6.60. The minimum atomic E-state index is -0.622. The Morgan fingerprint density at radius 3 is 2.45 bits per heavy atom. The molecule has 1 aromatic heterocycles. The van der Waals surface area contributed by atoms with Crippen molar-refractivity contribution in [2.24, 2.45) is 0 Å². The minimum absolute atomic E-state index is 0.0509. The molecule has 3 saturated heterocycles. The molecule has 0 spiro atoms. The molecule has 0 radical (unpaired) electrons. The van der Waals surface area contributed by atoms with Crippen molar-refractivity contribution in [2.45, 2.75) is 94.7 Å². The molecule has 1 atom stereocenters. The number of H-pyrrole nitrogens is 1. The Labute approximate surface area is 354 Å². The number of amides is 4. The molecule has 4 amide bonds. The first-order chi connectivity index (χ1) is 28.9. The molecule has 5 aliphatic rings. The first-order valence-corrected chi connectivity index (χ1v) is 22.4. The summed E-state index contributed by atoms with van der Waals surface area (Å²) >= 11 is 1.68. The number of carbonyl (C=O) groups is 5. The number of aromatic nitrogens is 1. The number of nitrogens with zero attached hydrogens (tertiary/aromatic N) is 5. The highest BCUT2D eigenvalue weighted by Gasteiger charge is 2.42. The monoisotopic (exact) mass is 825 g/mol. The highest BCUT2D eigenvalue weighted by molar-refractivity contribution is 7.99. The predicted molar refractivity (Wildman–Crippen MR) is 232 cm³/mol. The summed E-state index contributed by atoms with van der Waals surface area (Å²) in [5.74, 6) is 0.180. The lowest BCUT2D eigenvalue weighted by Crippen LogP contribution is -2.54. The third-order valence-corrected chi connectivity index (χ3v) is 14.6. The molecule has 13 heteroatoms. The Balaban J connectivity index is 0.753. The number of piperazine rings is 1. The maximum Gasteiger partial charge on any atom is 0.255 e. The van der Waals surface area contributed by atoms with Crippen LogP contribution in [0.4, 0.5) is 11.4 Å². The summed E-state index contributed by atoms with van der Waals surface area (Å²) in [5.41, 5.74) is 8.36. The molecule has 4 aromatic rings. The number of thioether (sulfide) groups is 1. The fourth-order valence-corrected chi connectivity index (χ4v) is 11.1. The normalized spacial score (nSPS) is 20.6. The fraction of sp³-hybridized carbons (Fsp3) is 0.447. The Kier molecular flexibility index (Phi) is 10.6. The van der Waals surface area contributed by atoms with Gasteiger partial charge in [-0.05, 0) is 90.9 Å². The van der Waals surface area contributed by atoms with Crippen LogP contribution in [-0.2, 0) is 32.8 Å². The van der Waals surface area contributed by atoms with E-state index in [0.29, 0.717) is 36.7 Å². The van der Waals surface area contributed by atoms with Crippen molar-refractivity contribution in [1.82, 2.24) is 25.0 Å². The quantitative estimate of drug-likeness (QED) is 0.0837. The number of ketones is 1. The second kappa shape index (κ2) is 15.9. The van der Waals surface area contributed by atoms with Crippen LogP contribution < -0.4 is 10.2 Å². The highest BCUT2D eigenvalue weighted by Crippen LogP contribution is 2.46. The Morgan fingerprint density at radius 2 is 1.72 bits per heavy atom. The van der Waals surface area contributed by atoms with Gasteiger partial charge in [-0.2, -0.15) is 0 Å². The Morgan fingerprint density at radius 1 is 0.933 bits per heavy atom. The summed E-state index contributed by atoms with van der Waals surface area (Å²) in [4.78, 5) is 81.2. The van der Waals surface area contributed by atoms with Crippen LogP contribution in [0.5, 0.6) is 0 Å². The van der Waals surface area contributed by atoms with Crippen LogP contribution in [0, 0.1) is 6.57 Å². The number of nitrogens with one attached hydrogen (secondary N) is 2. The van der Waals surface area contributed by atoms with E-state index in [9.17, 15) is 24.0 Å². The van der Waals surface area contributed by atoms with Gasteiger partial charge in [-0.25, -0.2) is 4.85 Å². The minimum Gasteiger partial charge on any atom is -0.371 e. The zero-order valence-electron chi connectivity index (χ0n) is 34.6. The van der Waals surface area contributed by atoms with Crippen LogP contribution in [0.2, 0.25) is 0 Å². The summed E-state index contributed by atoms with van der Waals surface area (Å²) in [7, 11) is 0. The van der Waals surface area contributed by atoms with Crippen LogP contribution in [0.25, 0.3) is 15.7 Å². The SMILES string of the molecule is [C-]#[N+]c1ccc2c3c([nH]c2c1)C(C)(C)c1cc(N2CCC(N4CCN(C(=O)CCCSc5ccc6c(c5)CN(C5CCC(=O)NC5=O)C6=O)CC4)CC2)c(CC)cc1C3=O. The fourth-order valence-electron chi connectivity index (χ4n) is 10.2. The van der Waals surface area contributed by atoms with Gasteiger partial charge >= 0.3 is 0 Å². The summed E-state index contributed by atoms with van der Waals surface area (Å²) in [6.45, 7) is 19.5. The molecule has 4 aliphatic heterocycles. The average molecular weight is 826 g/mol. The summed E-state index contributed by atoms with van der Waals surface area (Å²) in [6.07, 6.45) is 4.79. The zero-order chi connectivity index (χ0) is 41.9. The second-order valence-electron chi connectivity index (χ2n) is 17.4. The first-order valence-electron chi connectivity index (χ1n) is 21.4. The number of aromatic amines is 1. The number of benzene rings is 3. The standard InChI is InChI=1S/C47H51N7O5S/c1-5-28-24-35-36(47(2,3)44-42(43(35)57)34-10-8-30(48-4)25-37(34)49-44)26-39(28)52-16-14-31(15-17-52)51-18-20-53(21-19-51)41(56)7-6-22-60-32-9-11-33-29(23-32)27-54(46(33)59)38-12-13-40(55)50-45(38)58/h8-11,23-26,31,38,49H,5-7,12-22,27H2,1-3H3,(H,50,55,58). The molecular formula is C47H51N7O5S. The van der Waals surface area contributed by atoms with Gasteiger partial charge in [-0.15, -0.1) is 11.8 Å². The maximum absolute atomic E-state index is 14.1. The smallest absolute Gasteiger partial charge is 0.255 e.